The van der Waals surface area contributed by atoms with Crippen LogP contribution < -0.4 is 0 Å². The van der Waals surface area contributed by atoms with Gasteiger partial charge in [0.05, 0.1) is 30.2 Å². The number of para-hydroxylation sites is 2. The van der Waals surface area contributed by atoms with Crippen molar-refractivity contribution in [3.8, 4) is 0 Å². The number of carbonyl (C=O) groups excluding carboxylic acids is 1. The Kier molecular flexibility index (Phi) is 3.41. The summed E-state index contributed by atoms with van der Waals surface area (Å²) in [5.74, 6) is 0.944. The Morgan fingerprint density at radius 1 is 1.35 bits per heavy atom. The van der Waals surface area contributed by atoms with Gasteiger partial charge in [0.1, 0.15) is 11.8 Å². The van der Waals surface area contributed by atoms with Crippen LogP contribution >= 0.6 is 0 Å². The van der Waals surface area contributed by atoms with Crippen LogP contribution in [0.2, 0.25) is 0 Å². The molecule has 0 spiro atoms. The summed E-state index contributed by atoms with van der Waals surface area (Å²) in [6.07, 6.45) is 5.55. The molecule has 0 aliphatic heterocycles. The van der Waals surface area contributed by atoms with Crippen molar-refractivity contribution in [1.29, 1.82) is 0 Å². The maximum Gasteiger partial charge on any atom is 0.246 e. The normalized spacial score (nSPS) is 15.7. The zero-order valence-corrected chi connectivity index (χ0v) is 13.1. The first kappa shape index (κ1) is 14.1. The second kappa shape index (κ2) is 5.57. The Bertz CT molecular complexity index is 818. The van der Waals surface area contributed by atoms with E-state index in [1.807, 2.05) is 52.8 Å². The minimum absolute atomic E-state index is 0.118. The average Bonchev–Trinajstić information content (AvgIpc) is 3.11. The number of amides is 1. The number of hydrogen-bond donors (Lipinski definition) is 0. The minimum Gasteiger partial charge on any atom is -0.467 e. The highest BCUT2D eigenvalue weighted by Crippen LogP contribution is 2.31. The van der Waals surface area contributed by atoms with Crippen LogP contribution in [0.1, 0.15) is 31.6 Å². The van der Waals surface area contributed by atoms with E-state index in [1.54, 1.807) is 12.6 Å². The molecule has 0 bridgehead atoms. The van der Waals surface area contributed by atoms with Crippen LogP contribution in [0.5, 0.6) is 0 Å². The summed E-state index contributed by atoms with van der Waals surface area (Å²) < 4.78 is 7.37. The predicted octanol–water partition coefficient (Wildman–Crippen LogP) is 3.38. The molecule has 1 aromatic carbocycles. The van der Waals surface area contributed by atoms with Gasteiger partial charge >= 0.3 is 0 Å². The molecule has 23 heavy (non-hydrogen) atoms. The first-order valence-corrected chi connectivity index (χ1v) is 7.98. The van der Waals surface area contributed by atoms with E-state index in [4.69, 9.17) is 4.42 Å². The molecule has 5 heteroatoms. The monoisotopic (exact) mass is 309 g/mol. The second-order valence-corrected chi connectivity index (χ2v) is 6.09. The van der Waals surface area contributed by atoms with Crippen molar-refractivity contribution in [3.05, 3.63) is 54.7 Å². The van der Waals surface area contributed by atoms with Crippen molar-refractivity contribution in [2.75, 3.05) is 0 Å². The summed E-state index contributed by atoms with van der Waals surface area (Å²) in [5, 5.41) is 0. The van der Waals surface area contributed by atoms with Crippen molar-refractivity contribution >= 4 is 16.9 Å². The number of fused-ring (bicyclic) bond motifs is 1. The highest BCUT2D eigenvalue weighted by atomic mass is 16.3. The molecule has 0 saturated heterocycles. The van der Waals surface area contributed by atoms with E-state index in [0.29, 0.717) is 12.6 Å². The summed E-state index contributed by atoms with van der Waals surface area (Å²) in [5.41, 5.74) is 1.90. The predicted molar refractivity (Wildman–Crippen MR) is 86.7 cm³/mol. The smallest absolute Gasteiger partial charge is 0.246 e. The molecule has 3 aromatic rings. The van der Waals surface area contributed by atoms with Gasteiger partial charge < -0.3 is 13.9 Å². The third-order valence-electron chi connectivity index (χ3n) is 4.43. The summed E-state index contributed by atoms with van der Waals surface area (Å²) >= 11 is 0. The number of benzene rings is 1. The first-order chi connectivity index (χ1) is 11.2. The van der Waals surface area contributed by atoms with Crippen molar-refractivity contribution in [3.63, 3.8) is 0 Å². The zero-order chi connectivity index (χ0) is 15.8. The Morgan fingerprint density at radius 3 is 2.91 bits per heavy atom. The maximum atomic E-state index is 13.0. The lowest BCUT2D eigenvalue weighted by Crippen LogP contribution is -2.37. The molecule has 5 nitrogen and oxygen atoms in total. The van der Waals surface area contributed by atoms with E-state index < -0.39 is 0 Å². The quantitative estimate of drug-likeness (QED) is 0.726. The van der Waals surface area contributed by atoms with Gasteiger partial charge in [-0.2, -0.15) is 0 Å². The van der Waals surface area contributed by atoms with Gasteiger partial charge in [0.25, 0.3) is 0 Å². The molecule has 1 fully saturated rings. The number of nitrogens with zero attached hydrogens (tertiary/aromatic N) is 3. The maximum absolute atomic E-state index is 13.0. The van der Waals surface area contributed by atoms with Gasteiger partial charge in [0.15, 0.2) is 0 Å². The molecule has 1 saturated carbocycles. The average molecular weight is 309 g/mol. The zero-order valence-electron chi connectivity index (χ0n) is 13.1. The van der Waals surface area contributed by atoms with Crippen LogP contribution in [-0.2, 0) is 11.3 Å². The lowest BCUT2D eigenvalue weighted by Gasteiger charge is -2.25. The Labute approximate surface area is 134 Å². The standard InChI is InChI=1S/C18H19N3O2/c1-13(21-12-19-16-6-2-3-7-17(16)21)18(22)20(14-8-9-14)11-15-5-4-10-23-15/h2-7,10,12-14H,8-9,11H2,1H3/t13-/m1/s1. The summed E-state index contributed by atoms with van der Waals surface area (Å²) in [7, 11) is 0. The number of rotatable bonds is 5. The Morgan fingerprint density at radius 2 is 2.17 bits per heavy atom. The summed E-state index contributed by atoms with van der Waals surface area (Å²) in [4.78, 5) is 19.4. The first-order valence-electron chi connectivity index (χ1n) is 7.98. The van der Waals surface area contributed by atoms with Gasteiger partial charge in [0.2, 0.25) is 5.91 Å². The molecule has 0 N–H and O–H groups in total. The molecule has 2 aromatic heterocycles. The number of hydrogen-bond acceptors (Lipinski definition) is 3. The highest BCUT2D eigenvalue weighted by Gasteiger charge is 2.35. The lowest BCUT2D eigenvalue weighted by atomic mass is 10.2. The number of carbonyl (C=O) groups is 1. The third kappa shape index (κ3) is 2.63. The number of aromatic nitrogens is 2. The number of imidazole rings is 1. The van der Waals surface area contributed by atoms with E-state index in [2.05, 4.69) is 4.98 Å². The topological polar surface area (TPSA) is 51.3 Å². The summed E-state index contributed by atoms with van der Waals surface area (Å²) in [6.45, 7) is 2.47. The fraction of sp³-hybridized carbons (Fsp3) is 0.333. The molecule has 1 aliphatic rings. The minimum atomic E-state index is -0.280. The van der Waals surface area contributed by atoms with Gasteiger partial charge in [-0.05, 0) is 44.0 Å². The fourth-order valence-corrected chi connectivity index (χ4v) is 2.99. The van der Waals surface area contributed by atoms with E-state index in [-0.39, 0.29) is 11.9 Å². The molecule has 118 valence electrons. The van der Waals surface area contributed by atoms with Crippen LogP contribution in [0, 0.1) is 0 Å². The van der Waals surface area contributed by atoms with Gasteiger partial charge in [0, 0.05) is 6.04 Å². The molecule has 0 radical (unpaired) electrons. The van der Waals surface area contributed by atoms with E-state index in [0.717, 1.165) is 29.6 Å². The molecular weight excluding hydrogens is 290 g/mol. The Hall–Kier alpha value is -2.56. The molecule has 1 aliphatic carbocycles. The Balaban J connectivity index is 1.61. The van der Waals surface area contributed by atoms with Gasteiger partial charge in [-0.25, -0.2) is 4.98 Å². The van der Waals surface area contributed by atoms with Crippen LogP contribution in [0.15, 0.2) is 53.4 Å². The second-order valence-electron chi connectivity index (χ2n) is 6.09. The van der Waals surface area contributed by atoms with Gasteiger partial charge in [-0.15, -0.1) is 0 Å². The summed E-state index contributed by atoms with van der Waals surface area (Å²) in [6, 6.07) is 11.7. The number of furan rings is 1. The van der Waals surface area contributed by atoms with Crippen molar-refractivity contribution in [2.24, 2.45) is 0 Å². The van der Waals surface area contributed by atoms with E-state index in [1.165, 1.54) is 0 Å². The van der Waals surface area contributed by atoms with Crippen LogP contribution in [-0.4, -0.2) is 26.4 Å². The molecule has 1 atom stereocenters. The van der Waals surface area contributed by atoms with Crippen LogP contribution in [0.4, 0.5) is 0 Å². The SMILES string of the molecule is C[C@H](C(=O)N(Cc1ccco1)C1CC1)n1cnc2ccccc21. The fourth-order valence-electron chi connectivity index (χ4n) is 2.99. The van der Waals surface area contributed by atoms with E-state index in [9.17, 15) is 4.79 Å². The molecular formula is C18H19N3O2. The molecule has 2 heterocycles. The highest BCUT2D eigenvalue weighted by molar-refractivity contribution is 5.84. The van der Waals surface area contributed by atoms with Crippen molar-refractivity contribution in [2.45, 2.75) is 38.4 Å². The largest absolute Gasteiger partial charge is 0.467 e. The lowest BCUT2D eigenvalue weighted by molar-refractivity contribution is -0.135. The van der Waals surface area contributed by atoms with E-state index >= 15 is 0 Å². The molecule has 0 unspecified atom stereocenters. The molecule has 4 rings (SSSR count). The third-order valence-corrected chi connectivity index (χ3v) is 4.43. The van der Waals surface area contributed by atoms with Crippen molar-refractivity contribution in [1.82, 2.24) is 14.5 Å². The van der Waals surface area contributed by atoms with Crippen LogP contribution in [0.25, 0.3) is 11.0 Å². The molecule has 1 amide bonds. The van der Waals surface area contributed by atoms with Crippen LogP contribution in [0.3, 0.4) is 0 Å². The van der Waals surface area contributed by atoms with Gasteiger partial charge in [-0.3, -0.25) is 4.79 Å². The van der Waals surface area contributed by atoms with Crippen molar-refractivity contribution < 1.29 is 9.21 Å². The van der Waals surface area contributed by atoms with Gasteiger partial charge in [-0.1, -0.05) is 12.1 Å².